The largest absolute Gasteiger partial charge is 0.388 e. The normalized spacial score (nSPS) is 16.2. The van der Waals surface area contributed by atoms with Gasteiger partial charge in [0.15, 0.2) is 0 Å². The first-order valence-electron chi connectivity index (χ1n) is 12.0. The maximum atomic E-state index is 13.1. The summed E-state index contributed by atoms with van der Waals surface area (Å²) in [4.78, 5) is 38.4. The lowest BCUT2D eigenvalue weighted by molar-refractivity contribution is 0.0246. The van der Waals surface area contributed by atoms with Crippen LogP contribution >= 0.6 is 11.6 Å². The molecule has 1 amide bonds. The van der Waals surface area contributed by atoms with Crippen molar-refractivity contribution < 1.29 is 15.0 Å². The number of carbonyl (C=O) groups is 1. The zero-order valence-corrected chi connectivity index (χ0v) is 20.5. The fourth-order valence-electron chi connectivity index (χ4n) is 4.46. The SMILES string of the molecule is O=C(NCC1(O)CCCCCC1)c1cc(-n2ncc(=O)n(C[C@@H](O)c3ccccc3)c2=O)ccc1Cl. The van der Waals surface area contributed by atoms with Crippen molar-refractivity contribution in [3.63, 3.8) is 0 Å². The van der Waals surface area contributed by atoms with E-state index in [4.69, 9.17) is 11.6 Å². The van der Waals surface area contributed by atoms with Crippen molar-refractivity contribution in [1.82, 2.24) is 19.7 Å². The van der Waals surface area contributed by atoms with Crippen LogP contribution in [0.25, 0.3) is 5.69 Å². The molecule has 0 aliphatic heterocycles. The Morgan fingerprint density at radius 3 is 2.47 bits per heavy atom. The summed E-state index contributed by atoms with van der Waals surface area (Å²) in [6.07, 6.45) is 5.10. The number of hydrogen-bond donors (Lipinski definition) is 3. The number of benzene rings is 2. The molecule has 2 aromatic carbocycles. The molecule has 1 saturated carbocycles. The predicted octanol–water partition coefficient (Wildman–Crippen LogP) is 2.60. The van der Waals surface area contributed by atoms with Gasteiger partial charge in [-0.15, -0.1) is 0 Å². The van der Waals surface area contributed by atoms with E-state index in [9.17, 15) is 24.6 Å². The van der Waals surface area contributed by atoms with Crippen LogP contribution in [0.3, 0.4) is 0 Å². The van der Waals surface area contributed by atoms with Crippen LogP contribution in [0.1, 0.15) is 60.6 Å². The average molecular weight is 513 g/mol. The molecule has 0 radical (unpaired) electrons. The van der Waals surface area contributed by atoms with Crippen molar-refractivity contribution in [1.29, 1.82) is 0 Å². The van der Waals surface area contributed by atoms with Gasteiger partial charge in [0.2, 0.25) is 0 Å². The molecule has 0 saturated heterocycles. The van der Waals surface area contributed by atoms with E-state index in [1.165, 1.54) is 18.2 Å². The maximum absolute atomic E-state index is 13.1. The summed E-state index contributed by atoms with van der Waals surface area (Å²) >= 11 is 6.27. The van der Waals surface area contributed by atoms with E-state index in [-0.39, 0.29) is 29.4 Å². The van der Waals surface area contributed by atoms with Crippen molar-refractivity contribution >= 4 is 17.5 Å². The highest BCUT2D eigenvalue weighted by Crippen LogP contribution is 2.27. The number of nitrogens with one attached hydrogen (secondary N) is 1. The molecular weight excluding hydrogens is 484 g/mol. The second-order valence-corrected chi connectivity index (χ2v) is 9.61. The quantitative estimate of drug-likeness (QED) is 0.418. The van der Waals surface area contributed by atoms with Crippen molar-refractivity contribution in [2.75, 3.05) is 6.54 Å². The molecule has 1 aromatic heterocycles. The third-order valence-corrected chi connectivity index (χ3v) is 6.88. The van der Waals surface area contributed by atoms with Crippen LogP contribution in [-0.2, 0) is 6.54 Å². The fourth-order valence-corrected chi connectivity index (χ4v) is 4.66. The van der Waals surface area contributed by atoms with Gasteiger partial charge in [-0.05, 0) is 36.6 Å². The molecule has 10 heteroatoms. The number of nitrogens with zero attached hydrogens (tertiary/aromatic N) is 3. The number of aliphatic hydroxyl groups excluding tert-OH is 1. The van der Waals surface area contributed by atoms with Gasteiger partial charge in [0.05, 0.1) is 34.5 Å². The zero-order valence-electron chi connectivity index (χ0n) is 19.8. The third kappa shape index (κ3) is 5.92. The Morgan fingerprint density at radius 1 is 1.08 bits per heavy atom. The van der Waals surface area contributed by atoms with E-state index in [0.29, 0.717) is 18.4 Å². The molecule has 1 fully saturated rings. The van der Waals surface area contributed by atoms with Crippen molar-refractivity contribution in [2.24, 2.45) is 0 Å². The van der Waals surface area contributed by atoms with Gasteiger partial charge in [-0.25, -0.2) is 4.79 Å². The lowest BCUT2D eigenvalue weighted by atomic mass is 9.94. The molecule has 9 nitrogen and oxygen atoms in total. The Kier molecular flexibility index (Phi) is 8.03. The van der Waals surface area contributed by atoms with Crippen LogP contribution in [0, 0.1) is 0 Å². The molecule has 190 valence electrons. The number of carbonyl (C=O) groups excluding carboxylic acids is 1. The Bertz CT molecular complexity index is 1330. The van der Waals surface area contributed by atoms with Gasteiger partial charge in [0.25, 0.3) is 11.5 Å². The highest BCUT2D eigenvalue weighted by atomic mass is 35.5. The minimum atomic E-state index is -1.08. The highest BCUT2D eigenvalue weighted by molar-refractivity contribution is 6.33. The first kappa shape index (κ1) is 25.8. The maximum Gasteiger partial charge on any atom is 0.352 e. The molecule has 36 heavy (non-hydrogen) atoms. The summed E-state index contributed by atoms with van der Waals surface area (Å²) in [6.45, 7) is -0.156. The fraction of sp³-hybridized carbons (Fsp3) is 0.385. The minimum absolute atomic E-state index is 0.104. The van der Waals surface area contributed by atoms with Gasteiger partial charge < -0.3 is 15.5 Å². The number of aliphatic hydroxyl groups is 2. The summed E-state index contributed by atoms with van der Waals surface area (Å²) < 4.78 is 1.87. The van der Waals surface area contributed by atoms with Crippen LogP contribution in [0.2, 0.25) is 5.02 Å². The smallest absolute Gasteiger partial charge is 0.352 e. The summed E-state index contributed by atoms with van der Waals surface area (Å²) in [7, 11) is 0. The monoisotopic (exact) mass is 512 g/mol. The molecule has 3 N–H and O–H groups in total. The van der Waals surface area contributed by atoms with Gasteiger partial charge in [0, 0.05) is 6.54 Å². The average Bonchev–Trinajstić information content (AvgIpc) is 3.11. The van der Waals surface area contributed by atoms with Crippen molar-refractivity contribution in [3.05, 3.63) is 91.7 Å². The van der Waals surface area contributed by atoms with E-state index in [1.54, 1.807) is 30.3 Å². The first-order chi connectivity index (χ1) is 17.3. The summed E-state index contributed by atoms with van der Waals surface area (Å²) in [5.41, 5.74) is -1.47. The minimum Gasteiger partial charge on any atom is -0.388 e. The van der Waals surface area contributed by atoms with Crippen LogP contribution in [-0.4, -0.2) is 42.6 Å². The van der Waals surface area contributed by atoms with Gasteiger partial charge in [-0.3, -0.25) is 14.2 Å². The summed E-state index contributed by atoms with van der Waals surface area (Å²) in [6, 6.07) is 13.1. The highest BCUT2D eigenvalue weighted by Gasteiger charge is 2.29. The van der Waals surface area contributed by atoms with Crippen LogP contribution < -0.4 is 16.6 Å². The molecule has 1 aliphatic rings. The molecule has 1 heterocycles. The molecule has 4 rings (SSSR count). The Morgan fingerprint density at radius 2 is 1.78 bits per heavy atom. The number of halogens is 1. The summed E-state index contributed by atoms with van der Waals surface area (Å²) in [5, 5.41) is 28.2. The molecule has 0 bridgehead atoms. The molecule has 0 unspecified atom stereocenters. The number of amides is 1. The third-order valence-electron chi connectivity index (χ3n) is 6.55. The molecular formula is C26H29ClN4O5. The van der Waals surface area contributed by atoms with Crippen molar-refractivity contribution in [2.45, 2.75) is 56.8 Å². The topological polar surface area (TPSA) is 126 Å². The molecule has 3 aromatic rings. The predicted molar refractivity (Wildman–Crippen MR) is 135 cm³/mol. The van der Waals surface area contributed by atoms with Crippen molar-refractivity contribution in [3.8, 4) is 5.69 Å². The van der Waals surface area contributed by atoms with Crippen LogP contribution in [0.15, 0.2) is 64.3 Å². The lowest BCUT2D eigenvalue weighted by Gasteiger charge is -2.26. The Labute approximate surface area is 213 Å². The van der Waals surface area contributed by atoms with Gasteiger partial charge in [0.1, 0.15) is 6.20 Å². The number of aromatic nitrogens is 3. The lowest BCUT2D eigenvalue weighted by Crippen LogP contribution is -2.43. The molecule has 1 atom stereocenters. The van der Waals surface area contributed by atoms with Gasteiger partial charge in [-0.2, -0.15) is 9.78 Å². The standard InChI is InChI=1S/C26H29ClN4O5/c27-21-11-10-19(14-20(21)24(34)28-17-26(36)12-6-1-2-7-13-26)31-25(35)30(23(33)15-29-31)16-22(32)18-8-4-3-5-9-18/h3-5,8-11,14-15,22,32,36H,1-2,6-7,12-13,16-17H2,(H,28,34)/t22-/m1/s1. The van der Waals surface area contributed by atoms with Gasteiger partial charge >= 0.3 is 5.69 Å². The van der Waals surface area contributed by atoms with Crippen LogP contribution in [0.5, 0.6) is 0 Å². The number of hydrogen-bond acceptors (Lipinski definition) is 6. The molecule has 1 aliphatic carbocycles. The second kappa shape index (κ2) is 11.2. The second-order valence-electron chi connectivity index (χ2n) is 9.20. The Balaban J connectivity index is 1.58. The van der Waals surface area contributed by atoms with Gasteiger partial charge in [-0.1, -0.05) is 67.6 Å². The number of rotatable bonds is 7. The van der Waals surface area contributed by atoms with E-state index in [2.05, 4.69) is 10.4 Å². The van der Waals surface area contributed by atoms with Crippen LogP contribution in [0.4, 0.5) is 0 Å². The first-order valence-corrected chi connectivity index (χ1v) is 12.4. The van der Waals surface area contributed by atoms with E-state index in [0.717, 1.165) is 41.1 Å². The van der Waals surface area contributed by atoms with E-state index >= 15 is 0 Å². The molecule has 0 spiro atoms. The zero-order chi connectivity index (χ0) is 25.7. The van der Waals surface area contributed by atoms with E-state index in [1.807, 2.05) is 0 Å². The van der Waals surface area contributed by atoms with E-state index < -0.39 is 28.9 Å². The Hall–Kier alpha value is -3.27. The summed E-state index contributed by atoms with van der Waals surface area (Å²) in [5.74, 6) is -0.486.